The smallest absolute Gasteiger partial charge is 0.136 e. The summed E-state index contributed by atoms with van der Waals surface area (Å²) >= 11 is 5.16. The van der Waals surface area contributed by atoms with Crippen molar-refractivity contribution < 1.29 is 4.21 Å². The van der Waals surface area contributed by atoms with Crippen LogP contribution in [0.3, 0.4) is 0 Å². The number of nitrogens with zero attached hydrogens (tertiary/aromatic N) is 1. The SMILES string of the molecule is CC(CCS(C)=O)Nc1nc2c(cc1C(N)=S)CCCC2. The predicted octanol–water partition coefficient (Wildman–Crippen LogP) is 2.16. The van der Waals surface area contributed by atoms with Crippen LogP contribution < -0.4 is 11.1 Å². The molecule has 1 aliphatic rings. The maximum absolute atomic E-state index is 11.2. The highest BCUT2D eigenvalue weighted by Crippen LogP contribution is 2.25. The lowest BCUT2D eigenvalue weighted by Gasteiger charge is -2.21. The van der Waals surface area contributed by atoms with Crippen molar-refractivity contribution in [2.75, 3.05) is 17.3 Å². The van der Waals surface area contributed by atoms with Crippen molar-refractivity contribution in [2.24, 2.45) is 5.73 Å². The number of anilines is 1. The Labute approximate surface area is 134 Å². The Bertz CT molecular complexity index is 560. The Morgan fingerprint density at radius 2 is 2.24 bits per heavy atom. The highest BCUT2D eigenvalue weighted by Gasteiger charge is 2.17. The van der Waals surface area contributed by atoms with Gasteiger partial charge >= 0.3 is 0 Å². The third kappa shape index (κ3) is 4.48. The van der Waals surface area contributed by atoms with Gasteiger partial charge in [-0.15, -0.1) is 0 Å². The number of aryl methyl sites for hydroxylation is 2. The fourth-order valence-electron chi connectivity index (χ4n) is 2.58. The van der Waals surface area contributed by atoms with Crippen LogP contribution in [0.25, 0.3) is 0 Å². The average molecular weight is 326 g/mol. The van der Waals surface area contributed by atoms with Gasteiger partial charge in [0, 0.05) is 34.5 Å². The lowest BCUT2D eigenvalue weighted by Crippen LogP contribution is -2.23. The Morgan fingerprint density at radius 1 is 1.52 bits per heavy atom. The van der Waals surface area contributed by atoms with E-state index in [0.717, 1.165) is 36.3 Å². The predicted molar refractivity (Wildman–Crippen MR) is 93.4 cm³/mol. The monoisotopic (exact) mass is 325 g/mol. The van der Waals surface area contributed by atoms with Gasteiger partial charge in [0.05, 0.1) is 5.56 Å². The van der Waals surface area contributed by atoms with Crippen molar-refractivity contribution in [2.45, 2.75) is 45.1 Å². The number of thiocarbonyl (C=S) groups is 1. The van der Waals surface area contributed by atoms with Crippen LogP contribution >= 0.6 is 12.2 Å². The summed E-state index contributed by atoms with van der Waals surface area (Å²) in [6.45, 7) is 2.07. The summed E-state index contributed by atoms with van der Waals surface area (Å²) in [5.41, 5.74) is 9.11. The zero-order valence-electron chi connectivity index (χ0n) is 12.6. The quantitative estimate of drug-likeness (QED) is 0.785. The molecular weight excluding hydrogens is 302 g/mol. The van der Waals surface area contributed by atoms with Crippen molar-refractivity contribution in [3.8, 4) is 0 Å². The summed E-state index contributed by atoms with van der Waals surface area (Å²) in [7, 11) is -0.771. The minimum atomic E-state index is -0.771. The van der Waals surface area contributed by atoms with E-state index < -0.39 is 10.8 Å². The third-order valence-electron chi connectivity index (χ3n) is 3.79. The fraction of sp³-hybridized carbons (Fsp3) is 0.600. The molecule has 1 aliphatic carbocycles. The topological polar surface area (TPSA) is 68.0 Å². The molecule has 3 N–H and O–H groups in total. The van der Waals surface area contributed by atoms with Crippen molar-refractivity contribution in [1.82, 2.24) is 4.98 Å². The van der Waals surface area contributed by atoms with E-state index in [1.54, 1.807) is 6.26 Å². The summed E-state index contributed by atoms with van der Waals surface area (Å²) < 4.78 is 11.2. The molecule has 0 saturated carbocycles. The molecule has 0 radical (unpaired) electrons. The second kappa shape index (κ2) is 7.31. The molecule has 6 heteroatoms. The van der Waals surface area contributed by atoms with E-state index in [0.29, 0.717) is 10.7 Å². The van der Waals surface area contributed by atoms with Crippen LogP contribution in [0.4, 0.5) is 5.82 Å². The van der Waals surface area contributed by atoms with Crippen molar-refractivity contribution in [1.29, 1.82) is 0 Å². The summed E-state index contributed by atoms with van der Waals surface area (Å²) in [6.07, 6.45) is 7.04. The van der Waals surface area contributed by atoms with Gasteiger partial charge in [-0.1, -0.05) is 12.2 Å². The first-order valence-corrected chi connectivity index (χ1v) is 9.50. The van der Waals surface area contributed by atoms with Crippen molar-refractivity contribution in [3.05, 3.63) is 22.9 Å². The molecule has 0 amide bonds. The van der Waals surface area contributed by atoms with Gasteiger partial charge in [-0.05, 0) is 50.7 Å². The zero-order chi connectivity index (χ0) is 15.4. The van der Waals surface area contributed by atoms with Crippen LogP contribution in [0.15, 0.2) is 6.07 Å². The first-order chi connectivity index (χ1) is 9.97. The van der Waals surface area contributed by atoms with E-state index in [1.165, 1.54) is 18.4 Å². The third-order valence-corrected chi connectivity index (χ3v) is 4.82. The first-order valence-electron chi connectivity index (χ1n) is 7.36. The van der Waals surface area contributed by atoms with E-state index in [2.05, 4.69) is 18.3 Å². The largest absolute Gasteiger partial charge is 0.389 e. The number of hydrogen-bond donors (Lipinski definition) is 2. The Balaban J connectivity index is 2.20. The molecule has 0 aliphatic heterocycles. The molecule has 0 bridgehead atoms. The molecular formula is C15H23N3OS2. The number of hydrogen-bond acceptors (Lipinski definition) is 4. The van der Waals surface area contributed by atoms with Gasteiger partial charge in [0.15, 0.2) is 0 Å². The molecule has 0 saturated heterocycles. The zero-order valence-corrected chi connectivity index (χ0v) is 14.3. The molecule has 116 valence electrons. The summed E-state index contributed by atoms with van der Waals surface area (Å²) in [6, 6.07) is 2.28. The van der Waals surface area contributed by atoms with Crippen molar-refractivity contribution in [3.63, 3.8) is 0 Å². The molecule has 1 heterocycles. The molecule has 21 heavy (non-hydrogen) atoms. The number of rotatable bonds is 6. The van der Waals surface area contributed by atoms with Crippen LogP contribution in [-0.4, -0.2) is 32.2 Å². The highest BCUT2D eigenvalue weighted by atomic mass is 32.2. The number of aromatic nitrogens is 1. The number of nitrogens with two attached hydrogens (primary N) is 1. The fourth-order valence-corrected chi connectivity index (χ4v) is 3.42. The Hall–Kier alpha value is -1.01. The molecule has 1 aromatic rings. The van der Waals surface area contributed by atoms with Gasteiger partial charge in [0.1, 0.15) is 10.8 Å². The molecule has 2 rings (SSSR count). The van der Waals surface area contributed by atoms with Gasteiger partial charge in [-0.2, -0.15) is 0 Å². The molecule has 0 aromatic carbocycles. The molecule has 0 fully saturated rings. The van der Waals surface area contributed by atoms with Crippen LogP contribution in [0.5, 0.6) is 0 Å². The van der Waals surface area contributed by atoms with Crippen LogP contribution in [0.1, 0.15) is 43.0 Å². The Morgan fingerprint density at radius 3 is 2.90 bits per heavy atom. The molecule has 2 unspecified atom stereocenters. The van der Waals surface area contributed by atoms with Gasteiger partial charge in [0.25, 0.3) is 0 Å². The maximum Gasteiger partial charge on any atom is 0.136 e. The normalized spacial score (nSPS) is 16.9. The number of pyridine rings is 1. The summed E-state index contributed by atoms with van der Waals surface area (Å²) in [4.78, 5) is 5.13. The molecule has 0 spiro atoms. The number of fused-ring (bicyclic) bond motifs is 1. The maximum atomic E-state index is 11.2. The van der Waals surface area contributed by atoms with E-state index >= 15 is 0 Å². The minimum Gasteiger partial charge on any atom is -0.389 e. The van der Waals surface area contributed by atoms with E-state index in [9.17, 15) is 4.21 Å². The van der Waals surface area contributed by atoms with Gasteiger partial charge in [0.2, 0.25) is 0 Å². The second-order valence-corrected chi connectivity index (χ2v) is 7.67. The van der Waals surface area contributed by atoms with E-state index in [-0.39, 0.29) is 6.04 Å². The molecule has 1 aromatic heterocycles. The average Bonchev–Trinajstić information content (AvgIpc) is 2.44. The standard InChI is InChI=1S/C15H23N3OS2/c1-10(7-8-21(2)19)17-15-12(14(16)20)9-11-5-3-4-6-13(11)18-15/h9-10H,3-8H2,1-2H3,(H2,16,20)(H,17,18). The highest BCUT2D eigenvalue weighted by molar-refractivity contribution is 7.84. The van der Waals surface area contributed by atoms with Crippen LogP contribution in [0, 0.1) is 0 Å². The number of nitrogens with one attached hydrogen (secondary N) is 1. The van der Waals surface area contributed by atoms with Crippen LogP contribution in [-0.2, 0) is 23.6 Å². The summed E-state index contributed by atoms with van der Waals surface area (Å²) in [5, 5.41) is 3.38. The Kier molecular flexibility index (Phi) is 5.70. The minimum absolute atomic E-state index is 0.191. The second-order valence-electron chi connectivity index (χ2n) is 5.67. The van der Waals surface area contributed by atoms with E-state index in [4.69, 9.17) is 22.9 Å². The van der Waals surface area contributed by atoms with Gasteiger partial charge < -0.3 is 11.1 Å². The van der Waals surface area contributed by atoms with E-state index in [1.807, 2.05) is 0 Å². The molecule has 4 nitrogen and oxygen atoms in total. The van der Waals surface area contributed by atoms with Gasteiger partial charge in [-0.3, -0.25) is 4.21 Å². The van der Waals surface area contributed by atoms with Crippen LogP contribution in [0.2, 0.25) is 0 Å². The van der Waals surface area contributed by atoms with Crippen molar-refractivity contribution >= 4 is 33.8 Å². The van der Waals surface area contributed by atoms with Gasteiger partial charge in [-0.25, -0.2) is 4.98 Å². The lowest BCUT2D eigenvalue weighted by molar-refractivity contribution is 0.665. The first kappa shape index (κ1) is 16.4. The summed E-state index contributed by atoms with van der Waals surface area (Å²) in [5.74, 6) is 1.46. The molecule has 2 atom stereocenters. The lowest BCUT2D eigenvalue weighted by atomic mass is 9.94.